The van der Waals surface area contributed by atoms with Gasteiger partial charge in [-0.15, -0.1) is 12.4 Å². The second kappa shape index (κ2) is 6.43. The Morgan fingerprint density at radius 2 is 1.41 bits per heavy atom. The lowest BCUT2D eigenvalue weighted by atomic mass is 10.0. The van der Waals surface area contributed by atoms with Gasteiger partial charge >= 0.3 is 0 Å². The van der Waals surface area contributed by atoms with E-state index in [9.17, 15) is 0 Å². The molecule has 0 radical (unpaired) electrons. The summed E-state index contributed by atoms with van der Waals surface area (Å²) in [6.07, 6.45) is 0.940. The molecule has 0 aliphatic heterocycles. The molecule has 2 N–H and O–H groups in total. The molecule has 1 nitrogen and oxygen atoms in total. The Morgan fingerprint density at radius 1 is 0.882 bits per heavy atom. The molecule has 0 aliphatic rings. The Morgan fingerprint density at radius 3 is 1.94 bits per heavy atom. The normalized spacial score (nSPS) is 11.6. The predicted octanol–water partition coefficient (Wildman–Crippen LogP) is 3.67. The lowest BCUT2D eigenvalue weighted by Crippen LogP contribution is -2.17. The first-order valence-corrected chi connectivity index (χ1v) is 5.65. The molecule has 0 spiro atoms. The molecule has 90 valence electrons. The zero-order chi connectivity index (χ0) is 11.4. The van der Waals surface area contributed by atoms with E-state index in [1.165, 1.54) is 16.7 Å². The molecule has 2 aromatic carbocycles. The Bertz CT molecular complexity index is 434. The van der Waals surface area contributed by atoms with Crippen LogP contribution in [0.5, 0.6) is 0 Å². The fraction of sp³-hybridized carbons (Fsp3) is 0.200. The number of hydrogen-bond acceptors (Lipinski definition) is 1. The number of benzene rings is 2. The van der Waals surface area contributed by atoms with Gasteiger partial charge in [0.1, 0.15) is 0 Å². The van der Waals surface area contributed by atoms with Crippen LogP contribution in [0.1, 0.15) is 12.5 Å². The topological polar surface area (TPSA) is 26.0 Å². The third kappa shape index (κ3) is 3.88. The first-order chi connectivity index (χ1) is 7.75. The highest BCUT2D eigenvalue weighted by Gasteiger charge is 1.99. The van der Waals surface area contributed by atoms with Crippen LogP contribution < -0.4 is 5.73 Å². The molecule has 0 saturated carbocycles. The second-order valence-electron chi connectivity index (χ2n) is 4.24. The van der Waals surface area contributed by atoms with Crippen molar-refractivity contribution in [3.8, 4) is 11.1 Å². The summed E-state index contributed by atoms with van der Waals surface area (Å²) in [5.74, 6) is 0. The zero-order valence-electron chi connectivity index (χ0n) is 9.97. The monoisotopic (exact) mass is 247 g/mol. The van der Waals surface area contributed by atoms with E-state index in [0.29, 0.717) is 0 Å². The molecule has 0 saturated heterocycles. The van der Waals surface area contributed by atoms with Gasteiger partial charge in [0.15, 0.2) is 0 Å². The molecule has 17 heavy (non-hydrogen) atoms. The lowest BCUT2D eigenvalue weighted by Gasteiger charge is -2.06. The molecule has 2 rings (SSSR count). The molecule has 1 atom stereocenters. The molecular weight excluding hydrogens is 230 g/mol. The Labute approximate surface area is 109 Å². The van der Waals surface area contributed by atoms with Gasteiger partial charge in [-0.1, -0.05) is 54.6 Å². The number of hydrogen-bond donors (Lipinski definition) is 1. The molecular formula is C15H18ClN. The third-order valence-corrected chi connectivity index (χ3v) is 2.62. The summed E-state index contributed by atoms with van der Waals surface area (Å²) in [4.78, 5) is 0. The quantitative estimate of drug-likeness (QED) is 0.880. The Balaban J connectivity index is 0.00000144. The van der Waals surface area contributed by atoms with Crippen LogP contribution >= 0.6 is 12.4 Å². The summed E-state index contributed by atoms with van der Waals surface area (Å²) in [6.45, 7) is 2.03. The van der Waals surface area contributed by atoms with Crippen LogP contribution in [0, 0.1) is 0 Å². The highest BCUT2D eigenvalue weighted by atomic mass is 35.5. The second-order valence-corrected chi connectivity index (χ2v) is 4.24. The van der Waals surface area contributed by atoms with Crippen LogP contribution in [0.2, 0.25) is 0 Å². The molecule has 0 bridgehead atoms. The number of halogens is 1. The lowest BCUT2D eigenvalue weighted by molar-refractivity contribution is 0.738. The molecule has 0 unspecified atom stereocenters. The van der Waals surface area contributed by atoms with Crippen LogP contribution in [-0.4, -0.2) is 6.04 Å². The van der Waals surface area contributed by atoms with Crippen molar-refractivity contribution < 1.29 is 0 Å². The van der Waals surface area contributed by atoms with E-state index in [1.807, 2.05) is 13.0 Å². The molecule has 2 heteroatoms. The van der Waals surface area contributed by atoms with Crippen LogP contribution in [0.15, 0.2) is 54.6 Å². The summed E-state index contributed by atoms with van der Waals surface area (Å²) in [5.41, 5.74) is 9.59. The highest BCUT2D eigenvalue weighted by molar-refractivity contribution is 5.85. The van der Waals surface area contributed by atoms with E-state index in [2.05, 4.69) is 48.5 Å². The van der Waals surface area contributed by atoms with Crippen molar-refractivity contribution >= 4 is 12.4 Å². The number of rotatable bonds is 3. The molecule has 0 aromatic heterocycles. The first-order valence-electron chi connectivity index (χ1n) is 5.65. The van der Waals surface area contributed by atoms with Crippen molar-refractivity contribution in [3.63, 3.8) is 0 Å². The summed E-state index contributed by atoms with van der Waals surface area (Å²) in [6, 6.07) is 19.3. The van der Waals surface area contributed by atoms with Crippen LogP contribution in [0.3, 0.4) is 0 Å². The zero-order valence-corrected chi connectivity index (χ0v) is 10.8. The summed E-state index contributed by atoms with van der Waals surface area (Å²) < 4.78 is 0. The van der Waals surface area contributed by atoms with Gasteiger partial charge in [0.2, 0.25) is 0 Å². The molecule has 0 amide bonds. The van der Waals surface area contributed by atoms with E-state index >= 15 is 0 Å². The van der Waals surface area contributed by atoms with Crippen molar-refractivity contribution in [2.24, 2.45) is 5.73 Å². The summed E-state index contributed by atoms with van der Waals surface area (Å²) in [5, 5.41) is 0. The number of nitrogens with two attached hydrogens (primary N) is 1. The fourth-order valence-electron chi connectivity index (χ4n) is 1.84. The van der Waals surface area contributed by atoms with E-state index in [1.54, 1.807) is 0 Å². The van der Waals surface area contributed by atoms with E-state index in [0.717, 1.165) is 6.42 Å². The predicted molar refractivity (Wildman–Crippen MR) is 76.5 cm³/mol. The van der Waals surface area contributed by atoms with Gasteiger partial charge < -0.3 is 5.73 Å². The van der Waals surface area contributed by atoms with Crippen LogP contribution in [0.4, 0.5) is 0 Å². The fourth-order valence-corrected chi connectivity index (χ4v) is 1.84. The Kier molecular flexibility index (Phi) is 5.20. The van der Waals surface area contributed by atoms with E-state index in [4.69, 9.17) is 5.73 Å². The summed E-state index contributed by atoms with van der Waals surface area (Å²) >= 11 is 0. The van der Waals surface area contributed by atoms with Gasteiger partial charge in [0.25, 0.3) is 0 Å². The van der Waals surface area contributed by atoms with Gasteiger partial charge in [-0.05, 0) is 30.0 Å². The van der Waals surface area contributed by atoms with E-state index < -0.39 is 0 Å². The minimum absolute atomic E-state index is 0. The largest absolute Gasteiger partial charge is 0.328 e. The Hall–Kier alpha value is -1.31. The van der Waals surface area contributed by atoms with Gasteiger partial charge in [-0.3, -0.25) is 0 Å². The van der Waals surface area contributed by atoms with Crippen molar-refractivity contribution in [3.05, 3.63) is 60.2 Å². The van der Waals surface area contributed by atoms with Crippen molar-refractivity contribution in [1.82, 2.24) is 0 Å². The van der Waals surface area contributed by atoms with Gasteiger partial charge in [0, 0.05) is 6.04 Å². The van der Waals surface area contributed by atoms with Gasteiger partial charge in [-0.2, -0.15) is 0 Å². The highest BCUT2D eigenvalue weighted by Crippen LogP contribution is 2.19. The summed E-state index contributed by atoms with van der Waals surface area (Å²) in [7, 11) is 0. The third-order valence-electron chi connectivity index (χ3n) is 2.62. The maximum Gasteiger partial charge on any atom is 0.00509 e. The van der Waals surface area contributed by atoms with Gasteiger partial charge in [0.05, 0.1) is 0 Å². The van der Waals surface area contributed by atoms with Crippen LogP contribution in [0.25, 0.3) is 11.1 Å². The minimum Gasteiger partial charge on any atom is -0.328 e. The first kappa shape index (κ1) is 13.8. The molecule has 0 heterocycles. The minimum atomic E-state index is 0. The maximum atomic E-state index is 5.77. The van der Waals surface area contributed by atoms with Crippen molar-refractivity contribution in [2.45, 2.75) is 19.4 Å². The average Bonchev–Trinajstić information content (AvgIpc) is 2.30. The standard InChI is InChI=1S/C15H17N.ClH/c1-12(16)11-13-7-9-15(10-8-13)14-5-3-2-4-6-14;/h2-10,12H,11,16H2,1H3;1H/t12-;/m1./s1. The van der Waals surface area contributed by atoms with Crippen LogP contribution in [-0.2, 0) is 6.42 Å². The van der Waals surface area contributed by atoms with Gasteiger partial charge in [-0.25, -0.2) is 0 Å². The average molecular weight is 248 g/mol. The van der Waals surface area contributed by atoms with Crippen molar-refractivity contribution in [2.75, 3.05) is 0 Å². The molecule has 0 fully saturated rings. The molecule has 0 aliphatic carbocycles. The smallest absolute Gasteiger partial charge is 0.00509 e. The van der Waals surface area contributed by atoms with E-state index in [-0.39, 0.29) is 18.4 Å². The van der Waals surface area contributed by atoms with Crippen molar-refractivity contribution in [1.29, 1.82) is 0 Å². The SMILES string of the molecule is C[C@@H](N)Cc1ccc(-c2ccccc2)cc1.Cl. The molecule has 2 aromatic rings. The maximum absolute atomic E-state index is 5.77.